The van der Waals surface area contributed by atoms with E-state index in [0.717, 1.165) is 44.3 Å². The van der Waals surface area contributed by atoms with Crippen LogP contribution >= 0.6 is 0 Å². The zero-order chi connectivity index (χ0) is 12.5. The van der Waals surface area contributed by atoms with E-state index in [9.17, 15) is 4.79 Å². The Labute approximate surface area is 110 Å². The van der Waals surface area contributed by atoms with E-state index in [0.29, 0.717) is 17.9 Å². The monoisotopic (exact) mass is 250 g/mol. The highest BCUT2D eigenvalue weighted by Gasteiger charge is 2.55. The van der Waals surface area contributed by atoms with Gasteiger partial charge in [0.1, 0.15) is 0 Å². The lowest BCUT2D eigenvalue weighted by Gasteiger charge is -2.32. The van der Waals surface area contributed by atoms with Crippen molar-refractivity contribution >= 4 is 5.91 Å². The molecule has 1 amide bonds. The van der Waals surface area contributed by atoms with Crippen molar-refractivity contribution in [3.05, 3.63) is 0 Å². The van der Waals surface area contributed by atoms with Crippen LogP contribution in [0.4, 0.5) is 0 Å². The number of hydrogen-bond acceptors (Lipinski definition) is 2. The Balaban J connectivity index is 1.49. The summed E-state index contributed by atoms with van der Waals surface area (Å²) in [4.78, 5) is 14.6. The average Bonchev–Trinajstić information content (AvgIpc) is 3.13. The fraction of sp³-hybridized carbons (Fsp3) is 0.933. The summed E-state index contributed by atoms with van der Waals surface area (Å²) < 4.78 is 0. The lowest BCUT2D eigenvalue weighted by molar-refractivity contribution is -0.134. The first kappa shape index (κ1) is 12.5. The Bertz CT molecular complexity index is 298. The molecule has 0 aromatic carbocycles. The third-order valence-corrected chi connectivity index (χ3v) is 5.24. The fourth-order valence-electron chi connectivity index (χ4n) is 4.16. The maximum atomic E-state index is 12.5. The van der Waals surface area contributed by atoms with E-state index >= 15 is 0 Å². The van der Waals surface area contributed by atoms with Gasteiger partial charge in [-0.2, -0.15) is 0 Å². The zero-order valence-electron chi connectivity index (χ0n) is 11.5. The van der Waals surface area contributed by atoms with Gasteiger partial charge in [-0.1, -0.05) is 19.8 Å². The Morgan fingerprint density at radius 2 is 1.72 bits per heavy atom. The van der Waals surface area contributed by atoms with Crippen molar-refractivity contribution in [3.63, 3.8) is 0 Å². The highest BCUT2D eigenvalue weighted by atomic mass is 16.2. The maximum absolute atomic E-state index is 12.5. The van der Waals surface area contributed by atoms with Gasteiger partial charge in [0.2, 0.25) is 5.91 Å². The van der Waals surface area contributed by atoms with Gasteiger partial charge in [-0.25, -0.2) is 0 Å². The van der Waals surface area contributed by atoms with Crippen molar-refractivity contribution in [2.24, 2.45) is 17.8 Å². The van der Waals surface area contributed by atoms with E-state index in [-0.39, 0.29) is 0 Å². The summed E-state index contributed by atoms with van der Waals surface area (Å²) in [7, 11) is 0. The van der Waals surface area contributed by atoms with E-state index in [4.69, 9.17) is 0 Å². The molecule has 3 nitrogen and oxygen atoms in total. The second-order valence-corrected chi connectivity index (χ2v) is 6.30. The van der Waals surface area contributed by atoms with E-state index in [1.165, 1.54) is 25.7 Å². The van der Waals surface area contributed by atoms with Crippen molar-refractivity contribution < 1.29 is 4.79 Å². The number of fused-ring (bicyclic) bond motifs is 1. The van der Waals surface area contributed by atoms with Gasteiger partial charge in [0.05, 0.1) is 0 Å². The molecular formula is C15H26N2O. The molecule has 3 aliphatic rings. The molecule has 18 heavy (non-hydrogen) atoms. The molecule has 0 spiro atoms. The van der Waals surface area contributed by atoms with Gasteiger partial charge in [0.25, 0.3) is 0 Å². The van der Waals surface area contributed by atoms with Crippen LogP contribution in [-0.4, -0.2) is 36.5 Å². The molecule has 2 atom stereocenters. The van der Waals surface area contributed by atoms with Crippen LogP contribution in [0.5, 0.6) is 0 Å². The standard InChI is InChI=1S/C15H26N2O/c1-2-16-11-7-9-17(10-8-11)15(18)14-12-5-3-4-6-13(12)14/h11-14,16H,2-10H2,1H3. The summed E-state index contributed by atoms with van der Waals surface area (Å²) in [5.41, 5.74) is 0. The number of nitrogens with zero attached hydrogens (tertiary/aromatic N) is 1. The molecule has 1 N–H and O–H groups in total. The third-order valence-electron chi connectivity index (χ3n) is 5.24. The van der Waals surface area contributed by atoms with Crippen molar-refractivity contribution in [2.45, 2.75) is 51.5 Å². The van der Waals surface area contributed by atoms with Crippen molar-refractivity contribution in [1.29, 1.82) is 0 Å². The predicted molar refractivity (Wildman–Crippen MR) is 72.2 cm³/mol. The molecule has 1 saturated heterocycles. The molecule has 102 valence electrons. The van der Waals surface area contributed by atoms with E-state index in [2.05, 4.69) is 17.1 Å². The molecule has 2 aliphatic carbocycles. The number of amides is 1. The van der Waals surface area contributed by atoms with Gasteiger partial charge in [0.15, 0.2) is 0 Å². The lowest BCUT2D eigenvalue weighted by Crippen LogP contribution is -2.45. The summed E-state index contributed by atoms with van der Waals surface area (Å²) in [6.07, 6.45) is 7.62. The first-order valence-electron chi connectivity index (χ1n) is 7.83. The van der Waals surface area contributed by atoms with Gasteiger partial charge in [-0.3, -0.25) is 4.79 Å². The molecule has 0 bridgehead atoms. The number of carbonyl (C=O) groups excluding carboxylic acids is 1. The average molecular weight is 250 g/mol. The second kappa shape index (κ2) is 5.20. The lowest BCUT2D eigenvalue weighted by atomic mass is 10.0. The Morgan fingerprint density at radius 3 is 2.28 bits per heavy atom. The van der Waals surface area contributed by atoms with Gasteiger partial charge in [-0.05, 0) is 44.1 Å². The molecule has 0 aromatic rings. The molecule has 1 heterocycles. The molecule has 0 radical (unpaired) electrons. The summed E-state index contributed by atoms with van der Waals surface area (Å²) in [6, 6.07) is 0.639. The highest BCUT2D eigenvalue weighted by molar-refractivity contribution is 5.82. The predicted octanol–water partition coefficient (Wildman–Crippen LogP) is 2.02. The van der Waals surface area contributed by atoms with Gasteiger partial charge in [0, 0.05) is 25.0 Å². The molecule has 3 fully saturated rings. The summed E-state index contributed by atoms with van der Waals surface area (Å²) in [5.74, 6) is 2.43. The van der Waals surface area contributed by atoms with E-state index < -0.39 is 0 Å². The second-order valence-electron chi connectivity index (χ2n) is 6.30. The number of likely N-dealkylation sites (tertiary alicyclic amines) is 1. The van der Waals surface area contributed by atoms with E-state index in [1.54, 1.807) is 0 Å². The smallest absolute Gasteiger partial charge is 0.226 e. The highest BCUT2D eigenvalue weighted by Crippen LogP contribution is 2.56. The molecule has 3 rings (SSSR count). The minimum absolute atomic E-state index is 0.420. The van der Waals surface area contributed by atoms with Crippen LogP contribution in [0, 0.1) is 17.8 Å². The van der Waals surface area contributed by atoms with Crippen LogP contribution in [0.2, 0.25) is 0 Å². The third kappa shape index (κ3) is 2.29. The van der Waals surface area contributed by atoms with Crippen LogP contribution in [0.1, 0.15) is 45.4 Å². The normalized spacial score (nSPS) is 36.3. The quantitative estimate of drug-likeness (QED) is 0.831. The topological polar surface area (TPSA) is 32.3 Å². The molecule has 2 unspecified atom stereocenters. The minimum atomic E-state index is 0.420. The van der Waals surface area contributed by atoms with Crippen molar-refractivity contribution in [1.82, 2.24) is 10.2 Å². The number of rotatable bonds is 3. The van der Waals surface area contributed by atoms with Gasteiger partial charge in [-0.15, -0.1) is 0 Å². The zero-order valence-corrected chi connectivity index (χ0v) is 11.5. The van der Waals surface area contributed by atoms with Gasteiger partial charge < -0.3 is 10.2 Å². The largest absolute Gasteiger partial charge is 0.342 e. The first-order valence-corrected chi connectivity index (χ1v) is 7.83. The van der Waals surface area contributed by atoms with Crippen molar-refractivity contribution in [2.75, 3.05) is 19.6 Å². The fourth-order valence-corrected chi connectivity index (χ4v) is 4.16. The molecule has 3 heteroatoms. The van der Waals surface area contributed by atoms with E-state index in [1.807, 2.05) is 0 Å². The van der Waals surface area contributed by atoms with Crippen molar-refractivity contribution in [3.8, 4) is 0 Å². The molecule has 1 aliphatic heterocycles. The summed E-state index contributed by atoms with van der Waals surface area (Å²) in [6.45, 7) is 5.16. The van der Waals surface area contributed by atoms with Crippen LogP contribution in [0.15, 0.2) is 0 Å². The molecular weight excluding hydrogens is 224 g/mol. The molecule has 2 saturated carbocycles. The van der Waals surface area contributed by atoms with Crippen LogP contribution in [0.25, 0.3) is 0 Å². The van der Waals surface area contributed by atoms with Crippen LogP contribution in [0.3, 0.4) is 0 Å². The van der Waals surface area contributed by atoms with Crippen LogP contribution in [-0.2, 0) is 4.79 Å². The molecule has 0 aromatic heterocycles. The summed E-state index contributed by atoms with van der Waals surface area (Å²) >= 11 is 0. The van der Waals surface area contributed by atoms with Crippen LogP contribution < -0.4 is 5.32 Å². The first-order chi connectivity index (χ1) is 8.81. The Kier molecular flexibility index (Phi) is 3.60. The minimum Gasteiger partial charge on any atom is -0.342 e. The number of hydrogen-bond donors (Lipinski definition) is 1. The number of carbonyl (C=O) groups is 1. The number of nitrogens with one attached hydrogen (secondary N) is 1. The van der Waals surface area contributed by atoms with Gasteiger partial charge >= 0.3 is 0 Å². The Morgan fingerprint density at radius 1 is 1.11 bits per heavy atom. The maximum Gasteiger partial charge on any atom is 0.226 e. The number of piperidine rings is 1. The Hall–Kier alpha value is -0.570. The SMILES string of the molecule is CCNC1CCN(C(=O)C2C3CCCCC32)CC1. The summed E-state index contributed by atoms with van der Waals surface area (Å²) in [5, 5.41) is 3.50.